The van der Waals surface area contributed by atoms with E-state index < -0.39 is 11.4 Å². The lowest BCUT2D eigenvalue weighted by molar-refractivity contribution is -0.149. The van der Waals surface area contributed by atoms with Crippen LogP contribution in [0.4, 0.5) is 0 Å². The van der Waals surface area contributed by atoms with E-state index in [9.17, 15) is 9.90 Å². The summed E-state index contributed by atoms with van der Waals surface area (Å²) in [6, 6.07) is 3.72. The van der Waals surface area contributed by atoms with Crippen LogP contribution in [0.5, 0.6) is 0 Å². The van der Waals surface area contributed by atoms with Gasteiger partial charge in [0.15, 0.2) is 5.82 Å². The van der Waals surface area contributed by atoms with Gasteiger partial charge in [-0.15, -0.1) is 5.10 Å². The van der Waals surface area contributed by atoms with Crippen LogP contribution in [0.2, 0.25) is 0 Å². The number of tetrazole rings is 1. The summed E-state index contributed by atoms with van der Waals surface area (Å²) in [5.74, 6) is -0.183. The highest BCUT2D eigenvalue weighted by Gasteiger charge is 2.42. The highest BCUT2D eigenvalue weighted by atomic mass is 16.4. The SMILES string of the molecule is Cc1ncccc1-c1nnnn1CC1(C(=O)O)CCCC1. The summed E-state index contributed by atoms with van der Waals surface area (Å²) in [4.78, 5) is 15.9. The van der Waals surface area contributed by atoms with Crippen molar-refractivity contribution in [2.75, 3.05) is 0 Å². The Hall–Kier alpha value is -2.31. The van der Waals surface area contributed by atoms with E-state index in [1.807, 2.05) is 19.1 Å². The second-order valence-corrected chi connectivity index (χ2v) is 5.59. The number of carbonyl (C=O) groups is 1. The number of hydrogen-bond acceptors (Lipinski definition) is 5. The van der Waals surface area contributed by atoms with Crippen LogP contribution in [0.3, 0.4) is 0 Å². The first kappa shape index (κ1) is 13.7. The lowest BCUT2D eigenvalue weighted by atomic mass is 9.86. The summed E-state index contributed by atoms with van der Waals surface area (Å²) < 4.78 is 1.60. The molecule has 7 heteroatoms. The standard InChI is InChI=1S/C14H17N5O2/c1-10-11(5-4-8-15-10)12-16-17-18-19(12)9-14(13(20)21)6-2-3-7-14/h4-5,8H,2-3,6-7,9H2,1H3,(H,20,21). The lowest BCUT2D eigenvalue weighted by Crippen LogP contribution is -2.33. The van der Waals surface area contributed by atoms with Gasteiger partial charge in [-0.1, -0.05) is 12.8 Å². The monoisotopic (exact) mass is 287 g/mol. The Balaban J connectivity index is 1.97. The molecule has 0 unspecified atom stereocenters. The molecule has 0 amide bonds. The molecule has 2 heterocycles. The Bertz CT molecular complexity index is 661. The first-order chi connectivity index (χ1) is 10.1. The number of aromatic nitrogens is 5. The number of pyridine rings is 1. The van der Waals surface area contributed by atoms with Crippen LogP contribution in [0.1, 0.15) is 31.4 Å². The largest absolute Gasteiger partial charge is 0.481 e. The Morgan fingerprint density at radius 1 is 1.43 bits per heavy atom. The van der Waals surface area contributed by atoms with Crippen LogP contribution >= 0.6 is 0 Å². The maximum absolute atomic E-state index is 11.7. The van der Waals surface area contributed by atoms with Gasteiger partial charge in [0.1, 0.15) is 0 Å². The van der Waals surface area contributed by atoms with Crippen molar-refractivity contribution in [3.8, 4) is 11.4 Å². The summed E-state index contributed by atoms with van der Waals surface area (Å²) in [7, 11) is 0. The molecule has 0 radical (unpaired) electrons. The Morgan fingerprint density at radius 2 is 2.19 bits per heavy atom. The van der Waals surface area contributed by atoms with Crippen LogP contribution < -0.4 is 0 Å². The summed E-state index contributed by atoms with van der Waals surface area (Å²) in [5, 5.41) is 21.3. The smallest absolute Gasteiger partial charge is 0.311 e. The molecule has 3 rings (SSSR count). The average Bonchev–Trinajstić information content (AvgIpc) is 3.10. The second-order valence-electron chi connectivity index (χ2n) is 5.59. The van der Waals surface area contributed by atoms with Gasteiger partial charge in [0.2, 0.25) is 0 Å². The zero-order valence-electron chi connectivity index (χ0n) is 11.9. The summed E-state index contributed by atoms with van der Waals surface area (Å²) >= 11 is 0. The molecule has 1 saturated carbocycles. The number of carboxylic acid groups (broad SMARTS) is 1. The molecule has 2 aromatic rings. The predicted octanol–water partition coefficient (Wildman–Crippen LogP) is 1.69. The van der Waals surface area contributed by atoms with Crippen LogP contribution in [-0.4, -0.2) is 36.3 Å². The van der Waals surface area contributed by atoms with Crippen molar-refractivity contribution < 1.29 is 9.90 Å². The molecule has 1 N–H and O–H groups in total. The lowest BCUT2D eigenvalue weighted by Gasteiger charge is -2.23. The van der Waals surface area contributed by atoms with Crippen molar-refractivity contribution >= 4 is 5.97 Å². The van der Waals surface area contributed by atoms with E-state index in [4.69, 9.17) is 0 Å². The van der Waals surface area contributed by atoms with Gasteiger partial charge in [0.25, 0.3) is 0 Å². The molecular weight excluding hydrogens is 270 g/mol. The number of rotatable bonds is 4. The molecule has 0 aliphatic heterocycles. The van der Waals surface area contributed by atoms with E-state index in [1.165, 1.54) is 0 Å². The number of hydrogen-bond donors (Lipinski definition) is 1. The number of nitrogens with zero attached hydrogens (tertiary/aromatic N) is 5. The normalized spacial score (nSPS) is 17.0. The molecule has 110 valence electrons. The van der Waals surface area contributed by atoms with E-state index in [2.05, 4.69) is 20.5 Å². The van der Waals surface area contributed by atoms with Crippen molar-refractivity contribution in [1.82, 2.24) is 25.2 Å². The highest BCUT2D eigenvalue weighted by Crippen LogP contribution is 2.40. The molecule has 2 aromatic heterocycles. The van der Waals surface area contributed by atoms with Crippen LogP contribution in [0.25, 0.3) is 11.4 Å². The zero-order chi connectivity index (χ0) is 14.9. The van der Waals surface area contributed by atoms with Crippen LogP contribution in [0.15, 0.2) is 18.3 Å². The van der Waals surface area contributed by atoms with Gasteiger partial charge in [0.05, 0.1) is 12.0 Å². The Labute approximate surface area is 122 Å². The third-order valence-corrected chi connectivity index (χ3v) is 4.25. The summed E-state index contributed by atoms with van der Waals surface area (Å²) in [6.07, 6.45) is 4.94. The molecule has 0 bridgehead atoms. The van der Waals surface area contributed by atoms with Crippen molar-refractivity contribution in [2.24, 2.45) is 5.41 Å². The van der Waals surface area contributed by atoms with Gasteiger partial charge in [-0.05, 0) is 42.3 Å². The Kier molecular flexibility index (Phi) is 3.40. The predicted molar refractivity (Wildman–Crippen MR) is 74.3 cm³/mol. The number of aliphatic carboxylic acids is 1. The van der Waals surface area contributed by atoms with E-state index in [0.717, 1.165) is 24.1 Å². The number of carboxylic acids is 1. The van der Waals surface area contributed by atoms with Gasteiger partial charge >= 0.3 is 5.97 Å². The minimum atomic E-state index is -0.760. The fourth-order valence-corrected chi connectivity index (χ4v) is 3.00. The molecular formula is C14H17N5O2. The first-order valence-corrected chi connectivity index (χ1v) is 7.04. The fraction of sp³-hybridized carbons (Fsp3) is 0.500. The molecule has 0 atom stereocenters. The van der Waals surface area contributed by atoms with E-state index in [1.54, 1.807) is 10.9 Å². The van der Waals surface area contributed by atoms with Crippen molar-refractivity contribution in [3.63, 3.8) is 0 Å². The van der Waals surface area contributed by atoms with E-state index in [-0.39, 0.29) is 0 Å². The molecule has 0 aromatic carbocycles. The highest BCUT2D eigenvalue weighted by molar-refractivity contribution is 5.75. The fourth-order valence-electron chi connectivity index (χ4n) is 3.00. The van der Waals surface area contributed by atoms with Gasteiger partial charge in [0, 0.05) is 17.5 Å². The van der Waals surface area contributed by atoms with Crippen molar-refractivity contribution in [1.29, 1.82) is 0 Å². The third-order valence-electron chi connectivity index (χ3n) is 4.25. The van der Waals surface area contributed by atoms with Gasteiger partial charge in [-0.25, -0.2) is 4.68 Å². The van der Waals surface area contributed by atoms with Crippen molar-refractivity contribution in [3.05, 3.63) is 24.0 Å². The van der Waals surface area contributed by atoms with E-state index in [0.29, 0.717) is 25.2 Å². The van der Waals surface area contributed by atoms with Gasteiger partial charge < -0.3 is 5.11 Å². The van der Waals surface area contributed by atoms with Crippen LogP contribution in [0, 0.1) is 12.3 Å². The van der Waals surface area contributed by atoms with Crippen LogP contribution in [-0.2, 0) is 11.3 Å². The van der Waals surface area contributed by atoms with Gasteiger partial charge in [-0.3, -0.25) is 9.78 Å². The summed E-state index contributed by atoms with van der Waals surface area (Å²) in [6.45, 7) is 2.19. The molecule has 21 heavy (non-hydrogen) atoms. The molecule has 7 nitrogen and oxygen atoms in total. The van der Waals surface area contributed by atoms with Crippen molar-refractivity contribution in [2.45, 2.75) is 39.2 Å². The quantitative estimate of drug-likeness (QED) is 0.919. The summed E-state index contributed by atoms with van der Waals surface area (Å²) in [5.41, 5.74) is 0.908. The third kappa shape index (κ3) is 2.39. The molecule has 0 spiro atoms. The molecule has 1 fully saturated rings. The molecule has 1 aliphatic rings. The Morgan fingerprint density at radius 3 is 2.86 bits per heavy atom. The minimum Gasteiger partial charge on any atom is -0.481 e. The average molecular weight is 287 g/mol. The van der Waals surface area contributed by atoms with E-state index >= 15 is 0 Å². The van der Waals surface area contributed by atoms with Gasteiger partial charge in [-0.2, -0.15) is 0 Å². The zero-order valence-corrected chi connectivity index (χ0v) is 11.9. The number of aryl methyl sites for hydroxylation is 1. The minimum absolute atomic E-state index is 0.305. The molecule has 0 saturated heterocycles. The maximum atomic E-state index is 11.7. The maximum Gasteiger partial charge on any atom is 0.311 e. The first-order valence-electron chi connectivity index (χ1n) is 7.04. The second kappa shape index (κ2) is 5.23. The topological polar surface area (TPSA) is 93.8 Å². The molecule has 1 aliphatic carbocycles.